The number of amides is 2. The molecule has 3 fully saturated rings. The molecular weight excluding hydrogens is 851 g/mol. The number of esters is 1. The highest BCUT2D eigenvalue weighted by Crippen LogP contribution is 2.31. The van der Waals surface area contributed by atoms with Crippen LogP contribution < -0.4 is 26.2 Å². The molecule has 6 N–H and O–H groups in total. The van der Waals surface area contributed by atoms with E-state index in [4.69, 9.17) is 14.2 Å². The fourth-order valence-corrected chi connectivity index (χ4v) is 8.85. The number of aliphatic hydroxyl groups is 1. The summed E-state index contributed by atoms with van der Waals surface area (Å²) in [5.74, 6) is -0.0151. The van der Waals surface area contributed by atoms with Gasteiger partial charge in [-0.05, 0) is 115 Å². The number of ether oxygens (including phenoxy) is 3. The van der Waals surface area contributed by atoms with Crippen LogP contribution in [0, 0.1) is 5.92 Å². The van der Waals surface area contributed by atoms with Gasteiger partial charge in [0.2, 0.25) is 5.56 Å². The second kappa shape index (κ2) is 22.5. The van der Waals surface area contributed by atoms with Crippen LogP contribution >= 0.6 is 0 Å². The summed E-state index contributed by atoms with van der Waals surface area (Å²) in [6.07, 6.45) is 2.12. The number of aromatic hydroxyl groups is 1. The Kier molecular flexibility index (Phi) is 15.6. The lowest BCUT2D eigenvalue weighted by molar-refractivity contribution is -0.146. The normalized spacial score (nSPS) is 17.8. The van der Waals surface area contributed by atoms with Crippen molar-refractivity contribution >= 4 is 28.9 Å². The topological polar surface area (TPSA) is 192 Å². The maximum absolute atomic E-state index is 13.5. The van der Waals surface area contributed by atoms with Crippen molar-refractivity contribution in [2.24, 2.45) is 5.92 Å². The molecule has 0 saturated carbocycles. The Morgan fingerprint density at radius 1 is 0.791 bits per heavy atom. The van der Waals surface area contributed by atoms with Crippen LogP contribution in [0.15, 0.2) is 138 Å². The third-order valence-electron chi connectivity index (χ3n) is 12.5. The summed E-state index contributed by atoms with van der Waals surface area (Å²) in [6.45, 7) is 4.06. The monoisotopic (exact) mass is 907 g/mol. The van der Waals surface area contributed by atoms with E-state index in [0.717, 1.165) is 54.7 Å². The number of nitrogens with one attached hydrogen (secondary N) is 4. The lowest BCUT2D eigenvalue weighted by Crippen LogP contribution is -2.52. The summed E-state index contributed by atoms with van der Waals surface area (Å²) in [5, 5.41) is 30.7. The first-order valence-corrected chi connectivity index (χ1v) is 23.0. The first-order valence-electron chi connectivity index (χ1n) is 23.0. The summed E-state index contributed by atoms with van der Waals surface area (Å²) in [4.78, 5) is 57.0. The van der Waals surface area contributed by atoms with E-state index in [1.807, 2.05) is 97.1 Å². The van der Waals surface area contributed by atoms with Crippen molar-refractivity contribution in [3.8, 4) is 11.5 Å². The molecule has 67 heavy (non-hydrogen) atoms. The van der Waals surface area contributed by atoms with Crippen molar-refractivity contribution in [3.63, 3.8) is 0 Å². The fourth-order valence-electron chi connectivity index (χ4n) is 8.85. The number of fused-ring (bicyclic) bond motifs is 4. The highest BCUT2D eigenvalue weighted by molar-refractivity contribution is 5.97. The molecule has 3 saturated heterocycles. The van der Waals surface area contributed by atoms with Crippen LogP contribution in [0.2, 0.25) is 0 Å². The van der Waals surface area contributed by atoms with Crippen molar-refractivity contribution in [2.45, 2.75) is 63.0 Å². The molecule has 2 bridgehead atoms. The predicted octanol–water partition coefficient (Wildman–Crippen LogP) is 6.71. The number of carbonyl (C=O) groups is 3. The zero-order valence-corrected chi connectivity index (χ0v) is 37.3. The van der Waals surface area contributed by atoms with Crippen molar-refractivity contribution in [2.75, 3.05) is 39.3 Å². The number of aromatic nitrogens is 1. The van der Waals surface area contributed by atoms with Gasteiger partial charge in [0.1, 0.15) is 30.3 Å². The first-order chi connectivity index (χ1) is 32.7. The molecular formula is C53H57N5O9. The number of benzene rings is 5. The molecule has 3 aliphatic rings. The van der Waals surface area contributed by atoms with Gasteiger partial charge in [-0.25, -0.2) is 9.59 Å². The number of pyridine rings is 1. The Morgan fingerprint density at radius 2 is 1.54 bits per heavy atom. The van der Waals surface area contributed by atoms with Crippen molar-refractivity contribution in [1.29, 1.82) is 0 Å². The molecule has 4 atom stereocenters. The van der Waals surface area contributed by atoms with Gasteiger partial charge in [0.25, 0.3) is 5.91 Å². The zero-order chi connectivity index (χ0) is 46.5. The number of H-pyrrole nitrogens is 1. The third kappa shape index (κ3) is 12.5. The number of hydrogen-bond acceptors (Lipinski definition) is 11. The average molecular weight is 908 g/mol. The van der Waals surface area contributed by atoms with Gasteiger partial charge in [0, 0.05) is 36.5 Å². The van der Waals surface area contributed by atoms with Crippen molar-refractivity contribution in [3.05, 3.63) is 177 Å². The molecule has 3 aliphatic heterocycles. The Bertz CT molecular complexity index is 2650. The van der Waals surface area contributed by atoms with Crippen LogP contribution in [-0.4, -0.2) is 89.5 Å². The van der Waals surface area contributed by atoms with E-state index >= 15 is 0 Å². The van der Waals surface area contributed by atoms with Crippen LogP contribution in [-0.2, 0) is 27.3 Å². The standard InChI is InChI=1S/C53H57N5O9/c59-45-22-20-42(43-21-23-48(61)56-50(43)45)46(60)32-54-26-7-8-29-65-52(63)44(30-35-10-3-1-4-11-35)55-51(62)39-18-16-36(17-19-39)34-66-41-15-9-14-40(31-41)49(38-12-5-2-6-13-38)57-53(64)67-47-33-58-27-24-37(47)25-28-58/h1-6,9-23,31,37,44,46-47,49,54,59-60H,7-8,24-30,32-34H2,(H,55,62)(H,56,61)(H,57,64)/t44-,46-,47-,49?/m0/s1. The second-order valence-electron chi connectivity index (χ2n) is 17.2. The maximum atomic E-state index is 13.5. The number of aromatic amines is 1. The van der Waals surface area contributed by atoms with E-state index in [9.17, 15) is 29.4 Å². The minimum Gasteiger partial charge on any atom is -0.506 e. The molecule has 1 aromatic heterocycles. The number of rotatable bonds is 20. The lowest BCUT2D eigenvalue weighted by Gasteiger charge is -2.43. The van der Waals surface area contributed by atoms with Gasteiger partial charge < -0.3 is 45.4 Å². The fraction of sp³-hybridized carbons (Fsp3) is 0.321. The SMILES string of the molecule is O=C(NC(c1ccccc1)c1cccc(OCc2ccc(C(=O)N[C@@H](Cc3ccccc3)C(=O)OCCCCNC[C@H](O)c3ccc(O)c4[nH]c(=O)ccc34)cc2)c1)O[C@H]1CN2CCC1CC2. The number of phenols is 1. The molecule has 14 nitrogen and oxygen atoms in total. The number of unbranched alkanes of at least 4 members (excludes halogenated alkanes) is 1. The van der Waals surface area contributed by atoms with Gasteiger partial charge in [-0.3, -0.25) is 14.5 Å². The van der Waals surface area contributed by atoms with Crippen LogP contribution in [0.4, 0.5) is 4.79 Å². The quantitative estimate of drug-likeness (QED) is 0.0353. The van der Waals surface area contributed by atoms with Crippen molar-refractivity contribution < 1.29 is 38.8 Å². The molecule has 0 spiro atoms. The van der Waals surface area contributed by atoms with E-state index in [2.05, 4.69) is 25.8 Å². The third-order valence-corrected chi connectivity index (χ3v) is 12.5. The average Bonchev–Trinajstić information content (AvgIpc) is 3.35. The van der Waals surface area contributed by atoms with Gasteiger partial charge in [-0.2, -0.15) is 0 Å². The Morgan fingerprint density at radius 3 is 2.28 bits per heavy atom. The van der Waals surface area contributed by atoms with E-state index < -0.39 is 36.2 Å². The Labute approximate surface area is 389 Å². The summed E-state index contributed by atoms with van der Waals surface area (Å²) >= 11 is 0. The number of carbonyl (C=O) groups excluding carboxylic acids is 3. The number of nitrogens with zero attached hydrogens (tertiary/aromatic N) is 1. The van der Waals surface area contributed by atoms with Gasteiger partial charge in [-0.15, -0.1) is 0 Å². The number of phenolic OH excluding ortho intramolecular Hbond substituents is 1. The number of hydrogen-bond donors (Lipinski definition) is 6. The van der Waals surface area contributed by atoms with E-state index in [0.29, 0.717) is 47.6 Å². The predicted molar refractivity (Wildman–Crippen MR) is 254 cm³/mol. The molecule has 6 aromatic rings. The van der Waals surface area contributed by atoms with Gasteiger partial charge >= 0.3 is 12.1 Å². The lowest BCUT2D eigenvalue weighted by atomic mass is 9.86. The van der Waals surface area contributed by atoms with Crippen LogP contribution in [0.5, 0.6) is 11.5 Å². The van der Waals surface area contributed by atoms with Crippen LogP contribution in [0.3, 0.4) is 0 Å². The summed E-state index contributed by atoms with van der Waals surface area (Å²) in [5.41, 5.74) is 4.33. The van der Waals surface area contributed by atoms with Gasteiger partial charge in [-0.1, -0.05) is 91.0 Å². The summed E-state index contributed by atoms with van der Waals surface area (Å²) in [7, 11) is 0. The molecule has 348 valence electrons. The highest BCUT2D eigenvalue weighted by atomic mass is 16.6. The largest absolute Gasteiger partial charge is 0.506 e. The number of aliphatic hydroxyl groups excluding tert-OH is 1. The smallest absolute Gasteiger partial charge is 0.408 e. The minimum absolute atomic E-state index is 0.0733. The van der Waals surface area contributed by atoms with E-state index in [1.54, 1.807) is 24.3 Å². The molecule has 2 amide bonds. The molecule has 9 rings (SSSR count). The molecule has 5 aromatic carbocycles. The molecule has 4 heterocycles. The molecule has 14 heteroatoms. The minimum atomic E-state index is -0.926. The summed E-state index contributed by atoms with van der Waals surface area (Å²) in [6, 6.07) is 38.4. The molecule has 0 radical (unpaired) electrons. The number of piperidine rings is 3. The van der Waals surface area contributed by atoms with E-state index in [-0.39, 0.29) is 49.1 Å². The first kappa shape index (κ1) is 46.5. The Hall–Kier alpha value is -7.00. The van der Waals surface area contributed by atoms with Crippen molar-refractivity contribution in [1.82, 2.24) is 25.8 Å². The highest BCUT2D eigenvalue weighted by Gasteiger charge is 2.37. The van der Waals surface area contributed by atoms with E-state index in [1.165, 1.54) is 12.1 Å². The summed E-state index contributed by atoms with van der Waals surface area (Å²) < 4.78 is 17.9. The van der Waals surface area contributed by atoms with Gasteiger partial charge in [0.05, 0.1) is 24.3 Å². The van der Waals surface area contributed by atoms with Crippen LogP contribution in [0.1, 0.15) is 76.0 Å². The molecule has 0 aliphatic carbocycles. The zero-order valence-electron chi connectivity index (χ0n) is 37.3. The Balaban J connectivity index is 0.814. The van der Waals surface area contributed by atoms with Crippen LogP contribution in [0.25, 0.3) is 10.9 Å². The molecule has 1 unspecified atom stereocenters. The van der Waals surface area contributed by atoms with Gasteiger partial charge in [0.15, 0.2) is 0 Å². The number of alkyl carbamates (subject to hydrolysis) is 1. The second-order valence-corrected chi connectivity index (χ2v) is 17.2. The maximum Gasteiger partial charge on any atom is 0.408 e.